The Balaban J connectivity index is 2.07. The van der Waals surface area contributed by atoms with Crippen LogP contribution in [0.2, 0.25) is 0 Å². The van der Waals surface area contributed by atoms with Gasteiger partial charge in [0.1, 0.15) is 11.4 Å². The zero-order valence-electron chi connectivity index (χ0n) is 16.8. The van der Waals surface area contributed by atoms with Crippen LogP contribution in [0.1, 0.15) is 38.8 Å². The van der Waals surface area contributed by atoms with Crippen molar-refractivity contribution >= 4 is 23.2 Å². The van der Waals surface area contributed by atoms with Gasteiger partial charge in [-0.2, -0.15) is 9.61 Å². The molecule has 0 spiro atoms. The molecule has 1 amide bonds. The first-order valence-electron chi connectivity index (χ1n) is 9.25. The Bertz CT molecular complexity index is 1050. The number of hydrogen-bond acceptors (Lipinski definition) is 6. The van der Waals surface area contributed by atoms with Crippen molar-refractivity contribution in [1.29, 1.82) is 0 Å². The number of anilines is 1. The number of nitro benzene ring substituents is 1. The van der Waals surface area contributed by atoms with E-state index >= 15 is 0 Å². The highest BCUT2D eigenvalue weighted by atomic mass is 16.6. The van der Waals surface area contributed by atoms with Crippen LogP contribution in [0, 0.1) is 10.1 Å². The lowest BCUT2D eigenvalue weighted by Crippen LogP contribution is -2.37. The largest absolute Gasteiger partial charge is 0.443 e. The molecule has 9 nitrogen and oxygen atoms in total. The van der Waals surface area contributed by atoms with Gasteiger partial charge in [0, 0.05) is 23.9 Å². The second-order valence-electron chi connectivity index (χ2n) is 7.56. The molecule has 3 aromatic rings. The maximum absolute atomic E-state index is 13.0. The maximum Gasteiger partial charge on any atom is 0.416 e. The topological polar surface area (TPSA) is 103 Å². The average Bonchev–Trinajstić information content (AvgIpc) is 3.08. The lowest BCUT2D eigenvalue weighted by molar-refractivity contribution is -0.384. The molecular weight excluding hydrogens is 374 g/mol. The van der Waals surface area contributed by atoms with Crippen molar-refractivity contribution in [2.24, 2.45) is 0 Å². The molecule has 2 aromatic heterocycles. The van der Waals surface area contributed by atoms with Crippen LogP contribution in [0.5, 0.6) is 0 Å². The maximum atomic E-state index is 13.0. The van der Waals surface area contributed by atoms with E-state index in [9.17, 15) is 14.9 Å². The zero-order valence-corrected chi connectivity index (χ0v) is 16.8. The Kier molecular flexibility index (Phi) is 5.49. The van der Waals surface area contributed by atoms with Crippen LogP contribution in [0.4, 0.5) is 16.3 Å². The Morgan fingerprint density at radius 2 is 2.07 bits per heavy atom. The van der Waals surface area contributed by atoms with Crippen molar-refractivity contribution < 1.29 is 14.5 Å². The van der Waals surface area contributed by atoms with Gasteiger partial charge in [-0.3, -0.25) is 15.0 Å². The molecule has 3 rings (SSSR count). The van der Waals surface area contributed by atoms with E-state index in [-0.39, 0.29) is 12.2 Å². The van der Waals surface area contributed by atoms with E-state index in [1.807, 2.05) is 6.92 Å². The summed E-state index contributed by atoms with van der Waals surface area (Å²) in [6, 6.07) is 7.83. The number of hydrogen-bond donors (Lipinski definition) is 0. The number of rotatable bonds is 5. The van der Waals surface area contributed by atoms with E-state index < -0.39 is 16.6 Å². The Morgan fingerprint density at radius 3 is 2.72 bits per heavy atom. The SMILES string of the molecule is CCc1cnn2c(N(Cc3cccc([N+](=O)[O-])c3)C(=O)OC(C)(C)C)ccnc12. The van der Waals surface area contributed by atoms with E-state index in [4.69, 9.17) is 4.74 Å². The van der Waals surface area contributed by atoms with Gasteiger partial charge >= 0.3 is 6.09 Å². The standard InChI is InChI=1S/C20H23N5O4/c1-5-15-12-22-24-17(9-10-21-18(15)24)23(19(26)29-20(2,3)4)13-14-7-6-8-16(11-14)25(27)28/h6-12H,5,13H2,1-4H3. The number of fused-ring (bicyclic) bond motifs is 1. The van der Waals surface area contributed by atoms with Gasteiger partial charge in [0.2, 0.25) is 0 Å². The Morgan fingerprint density at radius 1 is 1.31 bits per heavy atom. The molecule has 152 valence electrons. The smallest absolute Gasteiger partial charge is 0.416 e. The normalized spacial score (nSPS) is 11.4. The number of ether oxygens (including phenoxy) is 1. The Labute approximate surface area is 168 Å². The summed E-state index contributed by atoms with van der Waals surface area (Å²) in [5.74, 6) is 0.468. The summed E-state index contributed by atoms with van der Waals surface area (Å²) in [7, 11) is 0. The van der Waals surface area contributed by atoms with Gasteiger partial charge in [-0.05, 0) is 38.8 Å². The van der Waals surface area contributed by atoms with E-state index in [0.717, 1.165) is 12.0 Å². The van der Waals surface area contributed by atoms with E-state index in [1.54, 1.807) is 55.9 Å². The number of carbonyl (C=O) groups is 1. The molecule has 2 heterocycles. The molecule has 0 bridgehead atoms. The molecule has 0 aliphatic carbocycles. The molecule has 1 aromatic carbocycles. The summed E-state index contributed by atoms with van der Waals surface area (Å²) in [4.78, 5) is 29.4. The third-order valence-electron chi connectivity index (χ3n) is 4.19. The molecule has 0 unspecified atom stereocenters. The van der Waals surface area contributed by atoms with Crippen LogP contribution < -0.4 is 4.90 Å². The van der Waals surface area contributed by atoms with Crippen LogP contribution in [-0.4, -0.2) is 31.2 Å². The summed E-state index contributed by atoms with van der Waals surface area (Å²) < 4.78 is 7.16. The minimum atomic E-state index is -0.705. The number of non-ortho nitro benzene ring substituents is 1. The number of aromatic nitrogens is 3. The number of amides is 1. The lowest BCUT2D eigenvalue weighted by Gasteiger charge is -2.27. The first-order chi connectivity index (χ1) is 13.7. The fourth-order valence-corrected chi connectivity index (χ4v) is 2.89. The molecular formula is C20H23N5O4. The molecule has 29 heavy (non-hydrogen) atoms. The molecule has 0 N–H and O–H groups in total. The van der Waals surface area contributed by atoms with Gasteiger partial charge in [-0.1, -0.05) is 19.1 Å². The highest BCUT2D eigenvalue weighted by molar-refractivity contribution is 5.87. The molecule has 9 heteroatoms. The number of benzene rings is 1. The molecule has 0 radical (unpaired) electrons. The highest BCUT2D eigenvalue weighted by Crippen LogP contribution is 2.24. The minimum Gasteiger partial charge on any atom is -0.443 e. The van der Waals surface area contributed by atoms with E-state index in [1.165, 1.54) is 17.0 Å². The monoisotopic (exact) mass is 397 g/mol. The predicted octanol–water partition coefficient (Wildman–Crippen LogP) is 4.14. The molecule has 0 aliphatic rings. The first kappa shape index (κ1) is 20.2. The third-order valence-corrected chi connectivity index (χ3v) is 4.19. The van der Waals surface area contributed by atoms with E-state index in [0.29, 0.717) is 17.0 Å². The van der Waals surface area contributed by atoms with Crippen LogP contribution in [0.3, 0.4) is 0 Å². The first-order valence-corrected chi connectivity index (χ1v) is 9.25. The van der Waals surface area contributed by atoms with Crippen molar-refractivity contribution in [2.45, 2.75) is 46.3 Å². The lowest BCUT2D eigenvalue weighted by atomic mass is 10.2. The van der Waals surface area contributed by atoms with Gasteiger partial charge in [0.05, 0.1) is 17.7 Å². The number of nitro groups is 1. The average molecular weight is 397 g/mol. The quantitative estimate of drug-likeness (QED) is 0.473. The summed E-state index contributed by atoms with van der Waals surface area (Å²) in [5, 5.41) is 15.5. The van der Waals surface area contributed by atoms with Gasteiger partial charge in [0.25, 0.3) is 5.69 Å². The van der Waals surface area contributed by atoms with Gasteiger partial charge in [-0.25, -0.2) is 9.78 Å². The second-order valence-corrected chi connectivity index (χ2v) is 7.56. The number of nitrogens with zero attached hydrogens (tertiary/aromatic N) is 5. The van der Waals surface area contributed by atoms with Crippen molar-refractivity contribution in [3.8, 4) is 0 Å². The number of aryl methyl sites for hydroxylation is 1. The van der Waals surface area contributed by atoms with Crippen LogP contribution in [0.15, 0.2) is 42.7 Å². The van der Waals surface area contributed by atoms with Crippen LogP contribution in [0.25, 0.3) is 5.65 Å². The third kappa shape index (κ3) is 4.50. The van der Waals surface area contributed by atoms with Crippen molar-refractivity contribution in [3.05, 3.63) is 64.0 Å². The molecule has 0 saturated carbocycles. The van der Waals surface area contributed by atoms with Crippen molar-refractivity contribution in [3.63, 3.8) is 0 Å². The highest BCUT2D eigenvalue weighted by Gasteiger charge is 2.26. The molecule has 0 atom stereocenters. The van der Waals surface area contributed by atoms with E-state index in [2.05, 4.69) is 10.1 Å². The van der Waals surface area contributed by atoms with Crippen molar-refractivity contribution in [1.82, 2.24) is 14.6 Å². The van der Waals surface area contributed by atoms with Gasteiger partial charge in [0.15, 0.2) is 5.65 Å². The fourth-order valence-electron chi connectivity index (χ4n) is 2.89. The summed E-state index contributed by atoms with van der Waals surface area (Å²) >= 11 is 0. The Hall–Kier alpha value is -3.49. The molecule has 0 saturated heterocycles. The van der Waals surface area contributed by atoms with Crippen LogP contribution in [-0.2, 0) is 17.7 Å². The minimum absolute atomic E-state index is 0.0427. The van der Waals surface area contributed by atoms with Crippen LogP contribution >= 0.6 is 0 Å². The van der Waals surface area contributed by atoms with Gasteiger partial charge in [-0.15, -0.1) is 0 Å². The predicted molar refractivity (Wildman–Crippen MR) is 108 cm³/mol. The number of carbonyl (C=O) groups excluding carboxylic acids is 1. The zero-order chi connectivity index (χ0) is 21.2. The van der Waals surface area contributed by atoms with Gasteiger partial charge < -0.3 is 4.74 Å². The fraction of sp³-hybridized carbons (Fsp3) is 0.350. The summed E-state index contributed by atoms with van der Waals surface area (Å²) in [6.07, 6.45) is 3.49. The molecule has 0 aliphatic heterocycles. The summed E-state index contributed by atoms with van der Waals surface area (Å²) in [5.41, 5.74) is 1.45. The second kappa shape index (κ2) is 7.86. The molecule has 0 fully saturated rings. The van der Waals surface area contributed by atoms with Crippen molar-refractivity contribution in [2.75, 3.05) is 4.90 Å². The summed E-state index contributed by atoms with van der Waals surface area (Å²) in [6.45, 7) is 7.42.